The summed E-state index contributed by atoms with van der Waals surface area (Å²) < 4.78 is 82.0. The van der Waals surface area contributed by atoms with E-state index in [2.05, 4.69) is 27.5 Å². The van der Waals surface area contributed by atoms with E-state index in [-0.39, 0.29) is 44.0 Å². The molecule has 4 aliphatic heterocycles. The first-order valence-electron chi connectivity index (χ1n) is 22.9. The molecule has 0 radical (unpaired) electrons. The van der Waals surface area contributed by atoms with Gasteiger partial charge in [0.15, 0.2) is 12.6 Å². The Morgan fingerprint density at radius 3 is 2.27 bits per heavy atom. The predicted molar refractivity (Wildman–Crippen MR) is 231 cm³/mol. The lowest BCUT2D eigenvalue weighted by atomic mass is 9.77. The Morgan fingerprint density at radius 1 is 1.00 bits per heavy atom. The molecule has 64 heavy (non-hydrogen) atoms. The first-order chi connectivity index (χ1) is 29.8. The summed E-state index contributed by atoms with van der Waals surface area (Å²) in [5, 5.41) is 28.7. The van der Waals surface area contributed by atoms with Crippen molar-refractivity contribution in [2.75, 3.05) is 87.7 Å². The molecule has 0 aromatic carbocycles. The van der Waals surface area contributed by atoms with Crippen molar-refractivity contribution < 1.29 is 66.2 Å². The van der Waals surface area contributed by atoms with Gasteiger partial charge in [-0.15, -0.1) is 0 Å². The van der Waals surface area contributed by atoms with Gasteiger partial charge in [-0.25, -0.2) is 0 Å². The molecule has 15 atom stereocenters. The van der Waals surface area contributed by atoms with Crippen molar-refractivity contribution in [3.63, 3.8) is 0 Å². The fourth-order valence-corrected chi connectivity index (χ4v) is 9.71. The van der Waals surface area contributed by atoms with Crippen LogP contribution in [-0.2, 0) is 42.8 Å². The number of amides is 3. The summed E-state index contributed by atoms with van der Waals surface area (Å²) in [5.41, 5.74) is -2.86. The van der Waals surface area contributed by atoms with Crippen LogP contribution in [0.15, 0.2) is 0 Å². The molecule has 4 aliphatic rings. The maximum Gasteiger partial charge on any atom is 0.409 e. The largest absolute Gasteiger partial charge is 0.409 e. The zero-order valence-electron chi connectivity index (χ0n) is 40.2. The van der Waals surface area contributed by atoms with Crippen LogP contribution >= 0.6 is 0 Å². The van der Waals surface area contributed by atoms with Gasteiger partial charge in [0, 0.05) is 78.4 Å². The molecule has 4 saturated heterocycles. The number of halogens is 3. The Bertz CT molecular complexity index is 1510. The SMILES string of the molecule is CO[C@]1(C)C[C@H](O[C@H]2[C@H](C)[C@@H](O[C@@H]3O[C@H](C)C[C@H](N(C)C)[C@H]3OCCCNC(=O)CN3CCN(C)CC3)[C@](C)(O)C[C@@H](C)CN(C)C(=O)C[C@H](C(F)(F)F)NC(=O)[C@@H]2C)O[C@@H](C)[C@@H]1O. The number of ether oxygens (including phenoxy) is 6. The van der Waals surface area contributed by atoms with Crippen LogP contribution in [-0.4, -0.2) is 214 Å². The number of hydrogen-bond donors (Lipinski definition) is 4. The number of carbonyl (C=O) groups is 3. The molecule has 0 saturated carbocycles. The zero-order chi connectivity index (χ0) is 47.9. The molecule has 0 aliphatic carbocycles. The van der Waals surface area contributed by atoms with Gasteiger partial charge in [0.05, 0.1) is 54.5 Å². The van der Waals surface area contributed by atoms with Crippen LogP contribution in [0.25, 0.3) is 0 Å². The summed E-state index contributed by atoms with van der Waals surface area (Å²) in [4.78, 5) is 47.6. The average Bonchev–Trinajstić information content (AvgIpc) is 3.20. The molecule has 17 nitrogen and oxygen atoms in total. The van der Waals surface area contributed by atoms with E-state index >= 15 is 0 Å². The van der Waals surface area contributed by atoms with Crippen LogP contribution < -0.4 is 10.6 Å². The molecule has 4 fully saturated rings. The van der Waals surface area contributed by atoms with Crippen molar-refractivity contribution in [3.8, 4) is 0 Å². The van der Waals surface area contributed by atoms with Gasteiger partial charge in [0.25, 0.3) is 0 Å². The van der Waals surface area contributed by atoms with Crippen molar-refractivity contribution >= 4 is 17.7 Å². The maximum atomic E-state index is 14.5. The molecule has 0 spiro atoms. The van der Waals surface area contributed by atoms with Gasteiger partial charge in [0.2, 0.25) is 17.7 Å². The molecule has 0 aromatic heterocycles. The molecule has 0 unspecified atom stereocenters. The van der Waals surface area contributed by atoms with Crippen LogP contribution in [0.3, 0.4) is 0 Å². The second-order valence-electron chi connectivity index (χ2n) is 19.7. The highest BCUT2D eigenvalue weighted by molar-refractivity contribution is 5.81. The molecule has 0 bridgehead atoms. The van der Waals surface area contributed by atoms with E-state index in [1.807, 2.05) is 25.9 Å². The number of carbonyl (C=O) groups excluding carboxylic acids is 3. The van der Waals surface area contributed by atoms with Crippen LogP contribution in [0, 0.1) is 17.8 Å². The molecule has 4 heterocycles. The highest BCUT2D eigenvalue weighted by atomic mass is 19.4. The van der Waals surface area contributed by atoms with Crippen LogP contribution in [0.4, 0.5) is 13.2 Å². The molecule has 3 amide bonds. The maximum absolute atomic E-state index is 14.5. The van der Waals surface area contributed by atoms with E-state index in [4.69, 9.17) is 28.4 Å². The molecule has 4 rings (SSSR count). The first kappa shape index (κ1) is 54.4. The third kappa shape index (κ3) is 14.6. The summed E-state index contributed by atoms with van der Waals surface area (Å²) in [6.45, 7) is 16.1. The fourth-order valence-electron chi connectivity index (χ4n) is 9.71. The number of alkyl halides is 3. The Balaban J connectivity index is 1.68. The minimum absolute atomic E-state index is 0.00246. The number of hydrogen-bond acceptors (Lipinski definition) is 14. The Morgan fingerprint density at radius 2 is 1.66 bits per heavy atom. The average molecular weight is 925 g/mol. The first-order valence-corrected chi connectivity index (χ1v) is 22.9. The molecular formula is C44H79F3N6O11. The van der Waals surface area contributed by atoms with E-state index in [1.54, 1.807) is 34.6 Å². The highest BCUT2D eigenvalue weighted by Crippen LogP contribution is 2.40. The minimum atomic E-state index is -4.95. The van der Waals surface area contributed by atoms with E-state index in [1.165, 1.54) is 26.0 Å². The summed E-state index contributed by atoms with van der Waals surface area (Å²) >= 11 is 0. The quantitative estimate of drug-likeness (QED) is 0.196. The number of nitrogens with zero attached hydrogens (tertiary/aromatic N) is 4. The summed E-state index contributed by atoms with van der Waals surface area (Å²) in [5.74, 6) is -4.64. The Labute approximate surface area is 378 Å². The lowest BCUT2D eigenvalue weighted by Gasteiger charge is -2.49. The summed E-state index contributed by atoms with van der Waals surface area (Å²) in [6, 6.07) is -2.70. The summed E-state index contributed by atoms with van der Waals surface area (Å²) in [7, 11) is 8.73. The highest BCUT2D eigenvalue weighted by Gasteiger charge is 2.52. The topological polar surface area (TPSA) is 184 Å². The van der Waals surface area contributed by atoms with Gasteiger partial charge in [-0.2, -0.15) is 13.2 Å². The number of rotatable bonds is 13. The number of likely N-dealkylation sites (N-methyl/N-ethyl adjacent to an activating group) is 2. The van der Waals surface area contributed by atoms with E-state index in [0.29, 0.717) is 25.9 Å². The fraction of sp³-hybridized carbons (Fsp3) is 0.932. The molecule has 4 N–H and O–H groups in total. The number of aliphatic hydroxyl groups is 2. The Hall–Kier alpha value is -2.24. The van der Waals surface area contributed by atoms with Crippen LogP contribution in [0.5, 0.6) is 0 Å². The van der Waals surface area contributed by atoms with Crippen molar-refractivity contribution in [2.45, 2.75) is 159 Å². The standard InChI is InChI=1S/C44H79F3N6O11/c1-26-22-42(6,58)39(64-41-37(31(50(8)9)20-27(2)61-41)60-19-13-14-48-33(54)25-53-17-15-51(10)16-18-53)28(3)36(63-35-23-43(7,59-12)38(56)30(5)62-35)29(4)40(57)49-32(44(45,46)47)21-34(55)52(11)24-26/h26-32,35-39,41,56,58H,13-25H2,1-12H3,(H,48,54)(H,49,57)/t26-,27-,28+,29-,30+,31+,32-,35+,36+,37-,38+,39-,41+,42-,43-/m1/s1. The van der Waals surface area contributed by atoms with Crippen molar-refractivity contribution in [1.82, 2.24) is 30.2 Å². The van der Waals surface area contributed by atoms with E-state index < -0.39 is 103 Å². The van der Waals surface area contributed by atoms with Gasteiger partial charge in [0.1, 0.15) is 18.2 Å². The number of aliphatic hydroxyl groups excluding tert-OH is 1. The van der Waals surface area contributed by atoms with Crippen LogP contribution in [0.2, 0.25) is 0 Å². The van der Waals surface area contributed by atoms with Gasteiger partial charge in [-0.1, -0.05) is 20.8 Å². The third-order valence-electron chi connectivity index (χ3n) is 13.6. The van der Waals surface area contributed by atoms with Gasteiger partial charge >= 0.3 is 6.18 Å². The molecular weight excluding hydrogens is 846 g/mol. The normalized spacial score (nSPS) is 39.7. The van der Waals surface area contributed by atoms with Crippen molar-refractivity contribution in [3.05, 3.63) is 0 Å². The number of nitrogens with one attached hydrogen (secondary N) is 2. The zero-order valence-corrected chi connectivity index (χ0v) is 40.2. The Kier molecular flexibility index (Phi) is 19.7. The third-order valence-corrected chi connectivity index (χ3v) is 13.6. The van der Waals surface area contributed by atoms with Gasteiger partial charge in [-0.05, 0) is 74.0 Å². The van der Waals surface area contributed by atoms with Crippen molar-refractivity contribution in [2.24, 2.45) is 17.8 Å². The molecule has 0 aromatic rings. The predicted octanol–water partition coefficient (Wildman–Crippen LogP) is 1.82. The number of piperazine rings is 1. The van der Waals surface area contributed by atoms with Gasteiger partial charge in [-0.3, -0.25) is 19.3 Å². The van der Waals surface area contributed by atoms with Crippen molar-refractivity contribution in [1.29, 1.82) is 0 Å². The number of methoxy groups -OCH3 is 1. The minimum Gasteiger partial charge on any atom is -0.387 e. The smallest absolute Gasteiger partial charge is 0.387 e. The second kappa shape index (κ2) is 23.2. The van der Waals surface area contributed by atoms with Crippen LogP contribution in [0.1, 0.15) is 80.6 Å². The lowest BCUT2D eigenvalue weighted by Crippen LogP contribution is -2.61. The second-order valence-corrected chi connectivity index (χ2v) is 19.7. The molecule has 372 valence electrons. The van der Waals surface area contributed by atoms with E-state index in [9.17, 15) is 37.8 Å². The molecule has 20 heteroatoms. The summed E-state index contributed by atoms with van der Waals surface area (Å²) in [6.07, 6.45) is -12.4. The lowest BCUT2D eigenvalue weighted by molar-refractivity contribution is -0.320. The van der Waals surface area contributed by atoms with E-state index in [0.717, 1.165) is 26.2 Å². The van der Waals surface area contributed by atoms with Gasteiger partial charge < -0.3 is 64.0 Å². The monoisotopic (exact) mass is 925 g/mol.